The number of hydrogen-bond acceptors (Lipinski definition) is 6. The molecule has 1 atom stereocenters. The van der Waals surface area contributed by atoms with E-state index < -0.39 is 0 Å². The highest BCUT2D eigenvalue weighted by Crippen LogP contribution is 2.36. The van der Waals surface area contributed by atoms with Gasteiger partial charge in [-0.1, -0.05) is 31.2 Å². The summed E-state index contributed by atoms with van der Waals surface area (Å²) in [5.74, 6) is 1.98. The van der Waals surface area contributed by atoms with Crippen molar-refractivity contribution in [2.45, 2.75) is 19.3 Å². The largest absolute Gasteiger partial charge is 0.497 e. The van der Waals surface area contributed by atoms with E-state index in [4.69, 9.17) is 20.9 Å². The van der Waals surface area contributed by atoms with Crippen molar-refractivity contribution in [1.82, 2.24) is 9.97 Å². The minimum Gasteiger partial charge on any atom is -0.497 e. The van der Waals surface area contributed by atoms with Gasteiger partial charge in [0.25, 0.3) is 0 Å². The first-order valence-corrected chi connectivity index (χ1v) is 8.87. The summed E-state index contributed by atoms with van der Waals surface area (Å²) in [6, 6.07) is 15.9. The summed E-state index contributed by atoms with van der Waals surface area (Å²) in [6.45, 7) is 2.77. The molecule has 0 aliphatic rings. The van der Waals surface area contributed by atoms with Crippen LogP contribution < -0.4 is 20.9 Å². The summed E-state index contributed by atoms with van der Waals surface area (Å²) >= 11 is 0. The Kier molecular flexibility index (Phi) is 5.76. The molecule has 3 aromatic rings. The quantitative estimate of drug-likeness (QED) is 0.665. The molecule has 0 fully saturated rings. The monoisotopic (exact) mass is 364 g/mol. The van der Waals surface area contributed by atoms with Gasteiger partial charge in [-0.05, 0) is 41.8 Å². The highest BCUT2D eigenvalue weighted by atomic mass is 16.5. The first-order valence-electron chi connectivity index (χ1n) is 8.87. The van der Waals surface area contributed by atoms with Gasteiger partial charge in [-0.25, -0.2) is 4.98 Å². The molecular weight excluding hydrogens is 340 g/mol. The summed E-state index contributed by atoms with van der Waals surface area (Å²) in [5, 5.41) is 0. The maximum Gasteiger partial charge on any atom is 0.221 e. The average Bonchev–Trinajstić information content (AvgIpc) is 2.69. The standard InChI is InChI=1S/C21H24N4O2/c1-3-11-27-16-9-7-14(8-10-16)19(15-5-4-6-17(12-15)26-2)18-13-24-21(23)25-20(18)22/h4-10,12-13,19H,3,11H2,1-2H3,(H4,22,23,24,25). The summed E-state index contributed by atoms with van der Waals surface area (Å²) in [4.78, 5) is 8.28. The Balaban J connectivity index is 2.06. The molecule has 0 radical (unpaired) electrons. The second-order valence-electron chi connectivity index (χ2n) is 6.20. The van der Waals surface area contributed by atoms with E-state index in [1.807, 2.05) is 48.5 Å². The van der Waals surface area contributed by atoms with Crippen LogP contribution in [0.4, 0.5) is 11.8 Å². The van der Waals surface area contributed by atoms with Crippen LogP contribution in [0.2, 0.25) is 0 Å². The fourth-order valence-electron chi connectivity index (χ4n) is 2.99. The fraction of sp³-hybridized carbons (Fsp3) is 0.238. The molecule has 140 valence electrons. The van der Waals surface area contributed by atoms with Crippen molar-refractivity contribution in [3.63, 3.8) is 0 Å². The maximum absolute atomic E-state index is 6.18. The molecule has 0 amide bonds. The van der Waals surface area contributed by atoms with Crippen LogP contribution in [0.3, 0.4) is 0 Å². The molecule has 3 rings (SSSR count). The number of aromatic nitrogens is 2. The Morgan fingerprint density at radius 2 is 1.78 bits per heavy atom. The van der Waals surface area contributed by atoms with Crippen LogP contribution in [0.1, 0.15) is 36.0 Å². The number of benzene rings is 2. The van der Waals surface area contributed by atoms with Crippen molar-refractivity contribution < 1.29 is 9.47 Å². The normalized spacial score (nSPS) is 11.8. The van der Waals surface area contributed by atoms with Crippen molar-refractivity contribution >= 4 is 11.8 Å². The summed E-state index contributed by atoms with van der Waals surface area (Å²) in [6.07, 6.45) is 2.65. The Hall–Kier alpha value is -3.28. The predicted molar refractivity (Wildman–Crippen MR) is 107 cm³/mol. The van der Waals surface area contributed by atoms with Gasteiger partial charge in [0.05, 0.1) is 13.7 Å². The molecule has 0 aliphatic heterocycles. The second kappa shape index (κ2) is 8.40. The molecule has 6 nitrogen and oxygen atoms in total. The topological polar surface area (TPSA) is 96.3 Å². The van der Waals surface area contributed by atoms with Gasteiger partial charge in [0.15, 0.2) is 0 Å². The van der Waals surface area contributed by atoms with Crippen molar-refractivity contribution in [2.24, 2.45) is 0 Å². The van der Waals surface area contributed by atoms with Gasteiger partial charge in [-0.2, -0.15) is 4.98 Å². The van der Waals surface area contributed by atoms with Gasteiger partial charge < -0.3 is 20.9 Å². The number of nitrogens with two attached hydrogens (primary N) is 2. The number of nitrogens with zero attached hydrogens (tertiary/aromatic N) is 2. The molecule has 0 spiro atoms. The predicted octanol–water partition coefficient (Wildman–Crippen LogP) is 3.62. The molecule has 1 heterocycles. The number of nitrogen functional groups attached to an aromatic ring is 2. The van der Waals surface area contributed by atoms with E-state index in [1.54, 1.807) is 13.3 Å². The van der Waals surface area contributed by atoms with Crippen LogP contribution in [-0.2, 0) is 0 Å². The molecule has 0 saturated carbocycles. The molecule has 0 saturated heterocycles. The van der Waals surface area contributed by atoms with Crippen molar-refractivity contribution in [3.8, 4) is 11.5 Å². The summed E-state index contributed by atoms with van der Waals surface area (Å²) in [7, 11) is 1.65. The van der Waals surface area contributed by atoms with E-state index in [9.17, 15) is 0 Å². The highest BCUT2D eigenvalue weighted by molar-refractivity contribution is 5.54. The molecular formula is C21H24N4O2. The fourth-order valence-corrected chi connectivity index (χ4v) is 2.99. The van der Waals surface area contributed by atoms with Gasteiger partial charge in [0.1, 0.15) is 17.3 Å². The third-order valence-corrected chi connectivity index (χ3v) is 4.29. The first kappa shape index (κ1) is 18.5. The van der Waals surface area contributed by atoms with Crippen molar-refractivity contribution in [2.75, 3.05) is 25.2 Å². The zero-order valence-corrected chi connectivity index (χ0v) is 15.6. The van der Waals surface area contributed by atoms with Crippen LogP contribution in [0.15, 0.2) is 54.7 Å². The Labute approximate surface area is 159 Å². The van der Waals surface area contributed by atoms with Crippen LogP contribution in [-0.4, -0.2) is 23.7 Å². The molecule has 4 N–H and O–H groups in total. The molecule has 0 aliphatic carbocycles. The lowest BCUT2D eigenvalue weighted by Gasteiger charge is -2.20. The van der Waals surface area contributed by atoms with Gasteiger partial charge in [0, 0.05) is 17.7 Å². The van der Waals surface area contributed by atoms with Crippen LogP contribution in [0.5, 0.6) is 11.5 Å². The van der Waals surface area contributed by atoms with E-state index in [0.717, 1.165) is 34.6 Å². The number of ether oxygens (including phenoxy) is 2. The van der Waals surface area contributed by atoms with E-state index >= 15 is 0 Å². The Bertz CT molecular complexity index is 897. The van der Waals surface area contributed by atoms with Gasteiger partial charge in [0.2, 0.25) is 5.95 Å². The van der Waals surface area contributed by atoms with E-state index in [2.05, 4.69) is 16.9 Å². The number of rotatable bonds is 7. The number of methoxy groups -OCH3 is 1. The minimum atomic E-state index is -0.152. The number of hydrogen-bond donors (Lipinski definition) is 2. The lowest BCUT2D eigenvalue weighted by molar-refractivity contribution is 0.317. The van der Waals surface area contributed by atoms with Gasteiger partial charge >= 0.3 is 0 Å². The lowest BCUT2D eigenvalue weighted by atomic mass is 9.86. The molecule has 2 aromatic carbocycles. The van der Waals surface area contributed by atoms with Crippen LogP contribution >= 0.6 is 0 Å². The SMILES string of the molecule is CCCOc1ccc(C(c2cccc(OC)c2)c2cnc(N)nc2N)cc1. The number of anilines is 2. The van der Waals surface area contributed by atoms with Crippen molar-refractivity contribution in [1.29, 1.82) is 0 Å². The molecule has 6 heteroatoms. The van der Waals surface area contributed by atoms with Crippen LogP contribution in [0.25, 0.3) is 0 Å². The zero-order valence-electron chi connectivity index (χ0n) is 15.6. The third kappa shape index (κ3) is 4.28. The van der Waals surface area contributed by atoms with E-state index in [-0.39, 0.29) is 11.9 Å². The average molecular weight is 364 g/mol. The second-order valence-corrected chi connectivity index (χ2v) is 6.20. The summed E-state index contributed by atoms with van der Waals surface area (Å²) in [5.41, 5.74) is 14.7. The van der Waals surface area contributed by atoms with E-state index in [0.29, 0.717) is 12.4 Å². The molecule has 1 aromatic heterocycles. The zero-order chi connectivity index (χ0) is 19.2. The van der Waals surface area contributed by atoms with Crippen LogP contribution in [0, 0.1) is 0 Å². The Morgan fingerprint density at radius 1 is 1.00 bits per heavy atom. The Morgan fingerprint density at radius 3 is 2.44 bits per heavy atom. The molecule has 0 bridgehead atoms. The molecule has 27 heavy (non-hydrogen) atoms. The summed E-state index contributed by atoms with van der Waals surface area (Å²) < 4.78 is 11.1. The highest BCUT2D eigenvalue weighted by Gasteiger charge is 2.21. The first-order chi connectivity index (χ1) is 13.1. The maximum atomic E-state index is 6.18. The van der Waals surface area contributed by atoms with E-state index in [1.165, 1.54) is 0 Å². The minimum absolute atomic E-state index is 0.152. The third-order valence-electron chi connectivity index (χ3n) is 4.29. The smallest absolute Gasteiger partial charge is 0.221 e. The van der Waals surface area contributed by atoms with Gasteiger partial charge in [-0.3, -0.25) is 0 Å². The van der Waals surface area contributed by atoms with Crippen molar-refractivity contribution in [3.05, 3.63) is 71.4 Å². The lowest BCUT2D eigenvalue weighted by Crippen LogP contribution is -2.10. The molecule has 1 unspecified atom stereocenters. The van der Waals surface area contributed by atoms with Gasteiger partial charge in [-0.15, -0.1) is 0 Å².